The SMILES string of the molecule is CCCNCC(C)(O)c1ccc(OCC)c(OCC)c1. The van der Waals surface area contributed by atoms with Gasteiger partial charge in [-0.1, -0.05) is 13.0 Å². The van der Waals surface area contributed by atoms with Crippen LogP contribution in [0.25, 0.3) is 0 Å². The molecule has 0 saturated heterocycles. The third kappa shape index (κ3) is 4.69. The summed E-state index contributed by atoms with van der Waals surface area (Å²) in [4.78, 5) is 0. The van der Waals surface area contributed by atoms with E-state index < -0.39 is 5.60 Å². The highest BCUT2D eigenvalue weighted by molar-refractivity contribution is 5.44. The van der Waals surface area contributed by atoms with Gasteiger partial charge in [0.1, 0.15) is 0 Å². The molecule has 0 heterocycles. The predicted molar refractivity (Wildman–Crippen MR) is 81.5 cm³/mol. The molecule has 1 rings (SSSR count). The molecular weight excluding hydrogens is 254 g/mol. The van der Waals surface area contributed by atoms with Gasteiger partial charge in [-0.3, -0.25) is 0 Å². The second-order valence-corrected chi connectivity index (χ2v) is 4.98. The van der Waals surface area contributed by atoms with Crippen molar-refractivity contribution in [2.24, 2.45) is 0 Å². The van der Waals surface area contributed by atoms with E-state index in [1.165, 1.54) is 0 Å². The first-order chi connectivity index (χ1) is 9.55. The summed E-state index contributed by atoms with van der Waals surface area (Å²) in [6.45, 7) is 10.4. The zero-order chi connectivity index (χ0) is 15.0. The van der Waals surface area contributed by atoms with Gasteiger partial charge in [0, 0.05) is 6.54 Å². The Hall–Kier alpha value is -1.26. The van der Waals surface area contributed by atoms with Crippen LogP contribution in [0.3, 0.4) is 0 Å². The van der Waals surface area contributed by atoms with Gasteiger partial charge in [-0.15, -0.1) is 0 Å². The van der Waals surface area contributed by atoms with Crippen molar-refractivity contribution in [3.8, 4) is 11.5 Å². The molecule has 4 nitrogen and oxygen atoms in total. The average Bonchev–Trinajstić information content (AvgIpc) is 2.41. The monoisotopic (exact) mass is 281 g/mol. The summed E-state index contributed by atoms with van der Waals surface area (Å²) < 4.78 is 11.1. The van der Waals surface area contributed by atoms with Gasteiger partial charge in [0.2, 0.25) is 0 Å². The van der Waals surface area contributed by atoms with E-state index >= 15 is 0 Å². The largest absolute Gasteiger partial charge is 0.490 e. The number of aliphatic hydroxyl groups is 1. The predicted octanol–water partition coefficient (Wildman–Crippen LogP) is 2.69. The van der Waals surface area contributed by atoms with Crippen LogP contribution in [0, 0.1) is 0 Å². The molecule has 0 aliphatic heterocycles. The molecule has 1 aromatic carbocycles. The minimum Gasteiger partial charge on any atom is -0.490 e. The molecule has 0 radical (unpaired) electrons. The third-order valence-corrected chi connectivity index (χ3v) is 3.06. The number of rotatable bonds is 9. The molecule has 0 bridgehead atoms. The lowest BCUT2D eigenvalue weighted by atomic mass is 9.95. The molecule has 0 spiro atoms. The van der Waals surface area contributed by atoms with Crippen molar-refractivity contribution in [3.63, 3.8) is 0 Å². The Labute approximate surface area is 122 Å². The van der Waals surface area contributed by atoms with Gasteiger partial charge in [0.15, 0.2) is 11.5 Å². The van der Waals surface area contributed by atoms with E-state index in [0.717, 1.165) is 24.3 Å². The highest BCUT2D eigenvalue weighted by Crippen LogP contribution is 2.32. The van der Waals surface area contributed by atoms with Crippen molar-refractivity contribution in [3.05, 3.63) is 23.8 Å². The van der Waals surface area contributed by atoms with Crippen molar-refractivity contribution in [2.45, 2.75) is 39.7 Å². The van der Waals surface area contributed by atoms with Crippen molar-refractivity contribution in [2.75, 3.05) is 26.3 Å². The van der Waals surface area contributed by atoms with Crippen LogP contribution < -0.4 is 14.8 Å². The van der Waals surface area contributed by atoms with Gasteiger partial charge in [-0.05, 0) is 51.4 Å². The summed E-state index contributed by atoms with van der Waals surface area (Å²) in [6, 6.07) is 5.61. The molecule has 1 aromatic rings. The fourth-order valence-corrected chi connectivity index (χ4v) is 2.00. The molecule has 4 heteroatoms. The van der Waals surface area contributed by atoms with Crippen molar-refractivity contribution >= 4 is 0 Å². The van der Waals surface area contributed by atoms with E-state index in [0.29, 0.717) is 25.5 Å². The van der Waals surface area contributed by atoms with Gasteiger partial charge in [-0.2, -0.15) is 0 Å². The highest BCUT2D eigenvalue weighted by atomic mass is 16.5. The van der Waals surface area contributed by atoms with Gasteiger partial charge in [0.25, 0.3) is 0 Å². The summed E-state index contributed by atoms with van der Waals surface area (Å²) in [5.41, 5.74) is -0.0980. The molecule has 1 unspecified atom stereocenters. The zero-order valence-corrected chi connectivity index (χ0v) is 13.0. The van der Waals surface area contributed by atoms with Crippen LogP contribution in [0.5, 0.6) is 11.5 Å². The first-order valence-corrected chi connectivity index (χ1v) is 7.38. The van der Waals surface area contributed by atoms with Crippen LogP contribution >= 0.6 is 0 Å². The van der Waals surface area contributed by atoms with Crippen LogP contribution in [0.4, 0.5) is 0 Å². The summed E-state index contributed by atoms with van der Waals surface area (Å²) in [5, 5.41) is 13.8. The van der Waals surface area contributed by atoms with Gasteiger partial charge in [-0.25, -0.2) is 0 Å². The highest BCUT2D eigenvalue weighted by Gasteiger charge is 2.24. The Balaban J connectivity index is 2.91. The Morgan fingerprint density at radius 3 is 2.35 bits per heavy atom. The second-order valence-electron chi connectivity index (χ2n) is 4.98. The van der Waals surface area contributed by atoms with Gasteiger partial charge >= 0.3 is 0 Å². The summed E-state index contributed by atoms with van der Waals surface area (Å²) >= 11 is 0. The van der Waals surface area contributed by atoms with Gasteiger partial charge < -0.3 is 19.9 Å². The lowest BCUT2D eigenvalue weighted by molar-refractivity contribution is 0.0568. The zero-order valence-electron chi connectivity index (χ0n) is 13.0. The van der Waals surface area contributed by atoms with Crippen molar-refractivity contribution in [1.29, 1.82) is 0 Å². The Morgan fingerprint density at radius 1 is 1.10 bits per heavy atom. The van der Waals surface area contributed by atoms with E-state index in [1.807, 2.05) is 32.0 Å². The normalized spacial score (nSPS) is 13.8. The topological polar surface area (TPSA) is 50.7 Å². The van der Waals surface area contributed by atoms with Crippen molar-refractivity contribution in [1.82, 2.24) is 5.32 Å². The van der Waals surface area contributed by atoms with E-state index in [4.69, 9.17) is 9.47 Å². The van der Waals surface area contributed by atoms with Crippen LogP contribution in [0.1, 0.15) is 39.7 Å². The number of ether oxygens (including phenoxy) is 2. The molecule has 0 saturated carbocycles. The standard InChI is InChI=1S/C16H27NO3/c1-5-10-17-12-16(4,18)13-8-9-14(19-6-2)15(11-13)20-7-3/h8-9,11,17-18H,5-7,10,12H2,1-4H3. The summed E-state index contributed by atoms with van der Waals surface area (Å²) in [6.07, 6.45) is 1.05. The molecular formula is C16H27NO3. The molecule has 0 aromatic heterocycles. The smallest absolute Gasteiger partial charge is 0.161 e. The van der Waals surface area contributed by atoms with Crippen LogP contribution in [0.15, 0.2) is 18.2 Å². The maximum Gasteiger partial charge on any atom is 0.161 e. The van der Waals surface area contributed by atoms with E-state index in [9.17, 15) is 5.11 Å². The lowest BCUT2D eigenvalue weighted by Crippen LogP contribution is -2.35. The van der Waals surface area contributed by atoms with E-state index in [-0.39, 0.29) is 0 Å². The molecule has 1 atom stereocenters. The number of hydrogen-bond acceptors (Lipinski definition) is 4. The third-order valence-electron chi connectivity index (χ3n) is 3.06. The fraction of sp³-hybridized carbons (Fsp3) is 0.625. The maximum atomic E-state index is 10.6. The fourth-order valence-electron chi connectivity index (χ4n) is 2.00. The Bertz CT molecular complexity index is 405. The number of nitrogens with one attached hydrogen (secondary N) is 1. The van der Waals surface area contributed by atoms with Crippen molar-refractivity contribution < 1.29 is 14.6 Å². The lowest BCUT2D eigenvalue weighted by Gasteiger charge is -2.25. The number of benzene rings is 1. The molecule has 114 valence electrons. The molecule has 0 aliphatic carbocycles. The molecule has 0 aliphatic rings. The minimum atomic E-state index is -0.925. The van der Waals surface area contributed by atoms with Gasteiger partial charge in [0.05, 0.1) is 18.8 Å². The van der Waals surface area contributed by atoms with Crippen LogP contribution in [0.2, 0.25) is 0 Å². The Morgan fingerprint density at radius 2 is 1.75 bits per heavy atom. The summed E-state index contributed by atoms with van der Waals surface area (Å²) in [5.74, 6) is 1.40. The minimum absolute atomic E-state index is 0.514. The molecule has 20 heavy (non-hydrogen) atoms. The molecule has 0 fully saturated rings. The van der Waals surface area contributed by atoms with E-state index in [1.54, 1.807) is 6.92 Å². The summed E-state index contributed by atoms with van der Waals surface area (Å²) in [7, 11) is 0. The molecule has 2 N–H and O–H groups in total. The van der Waals surface area contributed by atoms with Crippen LogP contribution in [-0.2, 0) is 5.60 Å². The molecule has 0 amide bonds. The first-order valence-electron chi connectivity index (χ1n) is 7.38. The average molecular weight is 281 g/mol. The quantitative estimate of drug-likeness (QED) is 0.683. The number of hydrogen-bond donors (Lipinski definition) is 2. The van der Waals surface area contributed by atoms with E-state index in [2.05, 4.69) is 12.2 Å². The van der Waals surface area contributed by atoms with Crippen LogP contribution in [-0.4, -0.2) is 31.4 Å². The first kappa shape index (κ1) is 16.8. The Kier molecular flexibility index (Phi) is 6.82. The maximum absolute atomic E-state index is 10.6. The second kappa shape index (κ2) is 8.12.